The van der Waals surface area contributed by atoms with Gasteiger partial charge in [0.25, 0.3) is 0 Å². The fraction of sp³-hybridized carbons (Fsp3) is 0.458. The molecule has 6 heteroatoms. The molecule has 1 saturated heterocycles. The van der Waals surface area contributed by atoms with Crippen molar-refractivity contribution in [1.82, 2.24) is 15.0 Å². The lowest BCUT2D eigenvalue weighted by Gasteiger charge is -2.37. The zero-order valence-electron chi connectivity index (χ0n) is 18.0. The minimum Gasteiger partial charge on any atom is -0.378 e. The number of hydrogen-bond donors (Lipinski definition) is 1. The summed E-state index contributed by atoms with van der Waals surface area (Å²) in [6.45, 7) is 9.96. The number of aryl methyl sites for hydroxylation is 1. The predicted octanol–water partition coefficient (Wildman–Crippen LogP) is 4.30. The van der Waals surface area contributed by atoms with Gasteiger partial charge in [-0.05, 0) is 42.9 Å². The zero-order chi connectivity index (χ0) is 20.7. The third kappa shape index (κ3) is 3.72. The first-order valence-corrected chi connectivity index (χ1v) is 10.8. The Labute approximate surface area is 177 Å². The van der Waals surface area contributed by atoms with E-state index in [4.69, 9.17) is 19.7 Å². The third-order valence-corrected chi connectivity index (χ3v) is 6.20. The van der Waals surface area contributed by atoms with Crippen LogP contribution in [0, 0.1) is 12.3 Å². The molecule has 3 heterocycles. The van der Waals surface area contributed by atoms with E-state index in [-0.39, 0.29) is 11.5 Å². The Morgan fingerprint density at radius 1 is 1.13 bits per heavy atom. The Morgan fingerprint density at radius 3 is 2.77 bits per heavy atom. The fourth-order valence-corrected chi connectivity index (χ4v) is 4.68. The van der Waals surface area contributed by atoms with Gasteiger partial charge in [-0.15, -0.1) is 0 Å². The number of pyridine rings is 1. The van der Waals surface area contributed by atoms with Crippen molar-refractivity contribution < 1.29 is 4.74 Å². The summed E-state index contributed by atoms with van der Waals surface area (Å²) >= 11 is 0. The lowest BCUT2D eigenvalue weighted by atomic mass is 9.74. The van der Waals surface area contributed by atoms with E-state index < -0.39 is 0 Å². The molecule has 156 valence electrons. The van der Waals surface area contributed by atoms with Crippen molar-refractivity contribution in [2.45, 2.75) is 39.7 Å². The highest BCUT2D eigenvalue weighted by molar-refractivity contribution is 5.83. The first-order chi connectivity index (χ1) is 14.5. The Hall–Kier alpha value is -2.73. The lowest BCUT2D eigenvalue weighted by molar-refractivity contribution is 0.122. The monoisotopic (exact) mass is 403 g/mol. The van der Waals surface area contributed by atoms with Gasteiger partial charge < -0.3 is 15.0 Å². The Morgan fingerprint density at radius 2 is 1.93 bits per heavy atom. The maximum atomic E-state index is 5.48. The zero-order valence-corrected chi connectivity index (χ0v) is 18.0. The molecule has 1 aromatic carbocycles. The molecule has 0 bridgehead atoms. The molecule has 1 N–H and O–H groups in total. The van der Waals surface area contributed by atoms with Crippen molar-refractivity contribution in [2.24, 2.45) is 5.41 Å². The van der Waals surface area contributed by atoms with Crippen molar-refractivity contribution in [1.29, 1.82) is 0 Å². The van der Waals surface area contributed by atoms with E-state index in [1.54, 1.807) is 0 Å². The van der Waals surface area contributed by atoms with Crippen molar-refractivity contribution >= 4 is 22.7 Å². The summed E-state index contributed by atoms with van der Waals surface area (Å²) < 4.78 is 5.48. The Balaban J connectivity index is 1.47. The van der Waals surface area contributed by atoms with Crippen LogP contribution in [0.15, 0.2) is 36.5 Å². The van der Waals surface area contributed by atoms with Crippen LogP contribution in [0.25, 0.3) is 10.9 Å². The largest absolute Gasteiger partial charge is 0.378 e. The van der Waals surface area contributed by atoms with Crippen LogP contribution < -0.4 is 10.2 Å². The molecule has 3 aromatic rings. The highest BCUT2D eigenvalue weighted by atomic mass is 16.5. The lowest BCUT2D eigenvalue weighted by Crippen LogP contribution is -2.38. The van der Waals surface area contributed by atoms with Gasteiger partial charge in [-0.2, -0.15) is 0 Å². The SMILES string of the molecule is Cc1cc(N[C@@H]2CC(C)(C)Cc3nc(N4CCOCC4)ncc32)nc2ccccc12. The molecule has 2 aliphatic rings. The van der Waals surface area contributed by atoms with Crippen LogP contribution in [0.4, 0.5) is 11.8 Å². The standard InChI is InChI=1S/C24H29N5O/c1-16-12-22(26-19-7-5-4-6-17(16)19)27-20-13-24(2,3)14-21-18(20)15-25-23(28-21)29-8-10-30-11-9-29/h4-7,12,15,20H,8-11,13-14H2,1-3H3,(H,26,27)/t20-/m1/s1. The maximum Gasteiger partial charge on any atom is 0.225 e. The first kappa shape index (κ1) is 19.2. The summed E-state index contributed by atoms with van der Waals surface area (Å²) in [5.41, 5.74) is 4.76. The number of nitrogens with one attached hydrogen (secondary N) is 1. The van der Waals surface area contributed by atoms with Gasteiger partial charge in [0.2, 0.25) is 5.95 Å². The molecular formula is C24H29N5O. The van der Waals surface area contributed by atoms with Crippen molar-refractivity contribution in [3.8, 4) is 0 Å². The number of ether oxygens (including phenoxy) is 1. The van der Waals surface area contributed by atoms with E-state index in [0.29, 0.717) is 0 Å². The van der Waals surface area contributed by atoms with Crippen molar-refractivity contribution in [3.63, 3.8) is 0 Å². The number of aromatic nitrogens is 3. The molecule has 0 saturated carbocycles. The number of fused-ring (bicyclic) bond motifs is 2. The van der Waals surface area contributed by atoms with E-state index in [9.17, 15) is 0 Å². The number of anilines is 2. The third-order valence-electron chi connectivity index (χ3n) is 6.20. The maximum absolute atomic E-state index is 5.48. The highest BCUT2D eigenvalue weighted by Crippen LogP contribution is 2.41. The van der Waals surface area contributed by atoms with Crippen molar-refractivity contribution in [3.05, 3.63) is 53.3 Å². The second kappa shape index (κ2) is 7.51. The second-order valence-electron chi connectivity index (χ2n) is 9.26. The van der Waals surface area contributed by atoms with Crippen LogP contribution in [0.3, 0.4) is 0 Å². The van der Waals surface area contributed by atoms with E-state index >= 15 is 0 Å². The van der Waals surface area contributed by atoms with Crippen LogP contribution >= 0.6 is 0 Å². The summed E-state index contributed by atoms with van der Waals surface area (Å²) in [5.74, 6) is 1.74. The number of rotatable bonds is 3. The number of benzene rings is 1. The van der Waals surface area contributed by atoms with Crippen LogP contribution in [0.2, 0.25) is 0 Å². The van der Waals surface area contributed by atoms with Crippen LogP contribution in [0.1, 0.15) is 43.1 Å². The molecule has 1 aliphatic carbocycles. The summed E-state index contributed by atoms with van der Waals surface area (Å²) in [4.78, 5) is 16.8. The predicted molar refractivity (Wildman–Crippen MR) is 120 cm³/mol. The summed E-state index contributed by atoms with van der Waals surface area (Å²) in [7, 11) is 0. The molecule has 0 radical (unpaired) electrons. The van der Waals surface area contributed by atoms with Crippen LogP contribution in [-0.4, -0.2) is 41.3 Å². The number of para-hydroxylation sites is 1. The van der Waals surface area contributed by atoms with Gasteiger partial charge in [-0.1, -0.05) is 32.0 Å². The number of nitrogens with zero attached hydrogens (tertiary/aromatic N) is 4. The average Bonchev–Trinajstić information content (AvgIpc) is 2.73. The summed E-state index contributed by atoms with van der Waals surface area (Å²) in [6, 6.07) is 10.6. The van der Waals surface area contributed by atoms with Gasteiger partial charge in [-0.25, -0.2) is 15.0 Å². The Kier molecular flexibility index (Phi) is 4.82. The van der Waals surface area contributed by atoms with E-state index in [1.165, 1.54) is 16.5 Å². The minimum absolute atomic E-state index is 0.149. The molecule has 30 heavy (non-hydrogen) atoms. The molecule has 1 aliphatic heterocycles. The molecule has 0 spiro atoms. The first-order valence-electron chi connectivity index (χ1n) is 10.8. The van der Waals surface area contributed by atoms with E-state index in [0.717, 1.165) is 62.1 Å². The smallest absolute Gasteiger partial charge is 0.225 e. The number of morpholine rings is 1. The fourth-order valence-electron chi connectivity index (χ4n) is 4.68. The van der Waals surface area contributed by atoms with E-state index in [2.05, 4.69) is 55.3 Å². The van der Waals surface area contributed by atoms with Gasteiger partial charge >= 0.3 is 0 Å². The second-order valence-corrected chi connectivity index (χ2v) is 9.26. The Bertz CT molecular complexity index is 1070. The van der Waals surface area contributed by atoms with Gasteiger partial charge in [0, 0.05) is 30.2 Å². The molecule has 1 fully saturated rings. The molecule has 2 aromatic heterocycles. The van der Waals surface area contributed by atoms with Crippen LogP contribution in [-0.2, 0) is 11.2 Å². The molecule has 5 rings (SSSR count). The topological polar surface area (TPSA) is 63.2 Å². The van der Waals surface area contributed by atoms with Crippen LogP contribution in [0.5, 0.6) is 0 Å². The molecule has 6 nitrogen and oxygen atoms in total. The van der Waals surface area contributed by atoms with Gasteiger partial charge in [0.1, 0.15) is 5.82 Å². The summed E-state index contributed by atoms with van der Waals surface area (Å²) in [5, 5.41) is 4.90. The van der Waals surface area contributed by atoms with Gasteiger partial charge in [-0.3, -0.25) is 0 Å². The summed E-state index contributed by atoms with van der Waals surface area (Å²) in [6.07, 6.45) is 4.01. The average molecular weight is 404 g/mol. The molecule has 0 unspecified atom stereocenters. The normalized spacial score (nSPS) is 20.8. The van der Waals surface area contributed by atoms with Gasteiger partial charge in [0.05, 0.1) is 30.5 Å². The minimum atomic E-state index is 0.149. The van der Waals surface area contributed by atoms with Gasteiger partial charge in [0.15, 0.2) is 0 Å². The van der Waals surface area contributed by atoms with E-state index in [1.807, 2.05) is 12.3 Å². The molecular weight excluding hydrogens is 374 g/mol. The highest BCUT2D eigenvalue weighted by Gasteiger charge is 2.34. The quantitative estimate of drug-likeness (QED) is 0.704. The molecule has 1 atom stereocenters. The number of hydrogen-bond acceptors (Lipinski definition) is 6. The molecule has 0 amide bonds. The van der Waals surface area contributed by atoms with Crippen molar-refractivity contribution in [2.75, 3.05) is 36.5 Å².